The summed E-state index contributed by atoms with van der Waals surface area (Å²) in [5.74, 6) is 0.998. The number of rotatable bonds is 3. The zero-order chi connectivity index (χ0) is 25.7. The number of fused-ring (bicyclic) bond motifs is 3. The highest BCUT2D eigenvalue weighted by molar-refractivity contribution is 5.92. The summed E-state index contributed by atoms with van der Waals surface area (Å²) in [7, 11) is 0. The van der Waals surface area contributed by atoms with E-state index >= 15 is 0 Å². The first-order valence-corrected chi connectivity index (χ1v) is 13.9. The van der Waals surface area contributed by atoms with Gasteiger partial charge in [-0.3, -0.25) is 0 Å². The van der Waals surface area contributed by atoms with E-state index in [0.717, 1.165) is 81.0 Å². The van der Waals surface area contributed by atoms with Gasteiger partial charge >= 0.3 is 6.09 Å². The fourth-order valence-electron chi connectivity index (χ4n) is 6.30. The second-order valence-electron chi connectivity index (χ2n) is 11.9. The van der Waals surface area contributed by atoms with E-state index in [9.17, 15) is 4.79 Å². The zero-order valence-corrected chi connectivity index (χ0v) is 22.6. The molecule has 2 aromatic heterocycles. The van der Waals surface area contributed by atoms with Gasteiger partial charge in [-0.05, 0) is 59.8 Å². The Morgan fingerprint density at radius 3 is 2.57 bits per heavy atom. The molecule has 1 amide bonds. The quantitative estimate of drug-likeness (QED) is 0.611. The molecule has 6 rings (SSSR count). The second kappa shape index (κ2) is 9.62. The van der Waals surface area contributed by atoms with Crippen molar-refractivity contribution in [2.24, 2.45) is 0 Å². The van der Waals surface area contributed by atoms with Crippen molar-refractivity contribution in [1.82, 2.24) is 19.7 Å². The Hall–Kier alpha value is -2.59. The average Bonchev–Trinajstić information content (AvgIpc) is 3.40. The second-order valence-corrected chi connectivity index (χ2v) is 11.9. The highest BCUT2D eigenvalue weighted by Crippen LogP contribution is 2.39. The number of anilines is 2. The smallest absolute Gasteiger partial charge is 0.410 e. The molecule has 2 bridgehead atoms. The van der Waals surface area contributed by atoms with Crippen LogP contribution in [0.4, 0.5) is 16.3 Å². The van der Waals surface area contributed by atoms with Crippen LogP contribution in [0.3, 0.4) is 0 Å². The van der Waals surface area contributed by atoms with Crippen LogP contribution in [0.25, 0.3) is 11.0 Å². The summed E-state index contributed by atoms with van der Waals surface area (Å²) in [5, 5.41) is 5.84. The molecule has 202 valence electrons. The Balaban J connectivity index is 1.35. The minimum absolute atomic E-state index is 0.0790. The van der Waals surface area contributed by atoms with E-state index in [1.165, 1.54) is 0 Å². The molecule has 6 heterocycles. The molecular formula is C27H40N6O4. The Labute approximate surface area is 218 Å². The van der Waals surface area contributed by atoms with Gasteiger partial charge in [0.25, 0.3) is 0 Å². The van der Waals surface area contributed by atoms with Gasteiger partial charge in [-0.2, -0.15) is 5.10 Å². The minimum atomic E-state index is -0.503. The van der Waals surface area contributed by atoms with Crippen molar-refractivity contribution in [3.8, 4) is 0 Å². The SMILES string of the molecule is C[C@@H]1CN(C(=O)OC(C)(C)C)CCN1c1cc(N2C3CCC2COC3)nc2c1cnn2C1CCCCO1. The van der Waals surface area contributed by atoms with Crippen LogP contribution < -0.4 is 9.80 Å². The molecule has 37 heavy (non-hydrogen) atoms. The molecule has 0 radical (unpaired) electrons. The number of amides is 1. The van der Waals surface area contributed by atoms with E-state index in [1.807, 2.05) is 36.5 Å². The molecule has 10 heteroatoms. The molecule has 4 fully saturated rings. The van der Waals surface area contributed by atoms with Crippen molar-refractivity contribution in [2.45, 2.75) is 89.8 Å². The molecule has 4 aliphatic heterocycles. The van der Waals surface area contributed by atoms with Gasteiger partial charge in [-0.1, -0.05) is 0 Å². The normalized spacial score (nSPS) is 28.7. The standard InChI is InChI=1S/C27H40N6O4/c1-18-15-30(26(34)37-27(2,3)4)10-11-31(18)22-13-23(32-19-8-9-20(32)17-35-16-19)29-25-21(22)14-28-33(25)24-7-5-6-12-36-24/h13-14,18-20,24H,5-12,15-17H2,1-4H3/t18-,19?,20?,24?/m1/s1. The molecule has 2 aromatic rings. The van der Waals surface area contributed by atoms with E-state index in [0.29, 0.717) is 25.2 Å². The number of ether oxygens (including phenoxy) is 3. The highest BCUT2D eigenvalue weighted by Gasteiger charge is 2.39. The number of piperazine rings is 1. The van der Waals surface area contributed by atoms with Crippen molar-refractivity contribution in [1.29, 1.82) is 0 Å². The average molecular weight is 513 g/mol. The molecule has 0 N–H and O–H groups in total. The largest absolute Gasteiger partial charge is 0.444 e. The van der Waals surface area contributed by atoms with Gasteiger partial charge in [-0.15, -0.1) is 0 Å². The van der Waals surface area contributed by atoms with Crippen LogP contribution in [-0.4, -0.2) is 88.9 Å². The van der Waals surface area contributed by atoms with Crippen LogP contribution in [0.15, 0.2) is 12.3 Å². The number of carbonyl (C=O) groups excluding carboxylic acids is 1. The van der Waals surface area contributed by atoms with Gasteiger partial charge in [0, 0.05) is 38.3 Å². The van der Waals surface area contributed by atoms with Gasteiger partial charge in [0.05, 0.1) is 42.6 Å². The number of hydrogen-bond donors (Lipinski definition) is 0. The number of carbonyl (C=O) groups is 1. The van der Waals surface area contributed by atoms with E-state index in [1.54, 1.807) is 0 Å². The minimum Gasteiger partial charge on any atom is -0.444 e. The summed E-state index contributed by atoms with van der Waals surface area (Å²) in [5.41, 5.74) is 1.51. The summed E-state index contributed by atoms with van der Waals surface area (Å²) >= 11 is 0. The predicted octanol–water partition coefficient (Wildman–Crippen LogP) is 3.94. The summed E-state index contributed by atoms with van der Waals surface area (Å²) in [6.45, 7) is 12.1. The highest BCUT2D eigenvalue weighted by atomic mass is 16.6. The van der Waals surface area contributed by atoms with Gasteiger partial charge in [0.1, 0.15) is 11.4 Å². The zero-order valence-electron chi connectivity index (χ0n) is 22.6. The fraction of sp³-hybridized carbons (Fsp3) is 0.741. The summed E-state index contributed by atoms with van der Waals surface area (Å²) < 4.78 is 19.6. The van der Waals surface area contributed by atoms with Crippen molar-refractivity contribution in [2.75, 3.05) is 49.3 Å². The Kier molecular flexibility index (Phi) is 6.43. The van der Waals surface area contributed by atoms with E-state index in [-0.39, 0.29) is 18.4 Å². The first-order valence-electron chi connectivity index (χ1n) is 13.9. The maximum absolute atomic E-state index is 12.8. The Bertz CT molecular complexity index is 1120. The van der Waals surface area contributed by atoms with Crippen LogP contribution >= 0.6 is 0 Å². The van der Waals surface area contributed by atoms with E-state index in [2.05, 4.69) is 22.8 Å². The van der Waals surface area contributed by atoms with Crippen LogP contribution in [0.2, 0.25) is 0 Å². The van der Waals surface area contributed by atoms with Crippen LogP contribution in [0.5, 0.6) is 0 Å². The number of hydrogen-bond acceptors (Lipinski definition) is 8. The van der Waals surface area contributed by atoms with E-state index < -0.39 is 5.60 Å². The van der Waals surface area contributed by atoms with Gasteiger partial charge in [-0.25, -0.2) is 14.5 Å². The van der Waals surface area contributed by atoms with Crippen LogP contribution in [-0.2, 0) is 14.2 Å². The van der Waals surface area contributed by atoms with Crippen molar-refractivity contribution in [3.05, 3.63) is 12.3 Å². The first kappa shape index (κ1) is 24.7. The lowest BCUT2D eigenvalue weighted by Gasteiger charge is -2.42. The molecule has 0 spiro atoms. The third kappa shape index (κ3) is 4.74. The molecule has 0 aromatic carbocycles. The van der Waals surface area contributed by atoms with Crippen molar-refractivity contribution in [3.63, 3.8) is 0 Å². The van der Waals surface area contributed by atoms with Crippen molar-refractivity contribution < 1.29 is 19.0 Å². The van der Waals surface area contributed by atoms with E-state index in [4.69, 9.17) is 24.3 Å². The maximum atomic E-state index is 12.8. The summed E-state index contributed by atoms with van der Waals surface area (Å²) in [4.78, 5) is 24.7. The number of aromatic nitrogens is 3. The molecular weight excluding hydrogens is 472 g/mol. The third-order valence-corrected chi connectivity index (χ3v) is 8.05. The topological polar surface area (TPSA) is 85.2 Å². The number of nitrogens with zero attached hydrogens (tertiary/aromatic N) is 6. The van der Waals surface area contributed by atoms with Crippen molar-refractivity contribution >= 4 is 28.6 Å². The van der Waals surface area contributed by atoms with Gasteiger partial charge in [0.15, 0.2) is 11.9 Å². The summed E-state index contributed by atoms with van der Waals surface area (Å²) in [6.07, 6.45) is 7.07. The molecule has 4 aliphatic rings. The molecule has 4 saturated heterocycles. The number of morpholine rings is 1. The number of pyridine rings is 1. The maximum Gasteiger partial charge on any atom is 0.410 e. The van der Waals surface area contributed by atoms with Gasteiger partial charge in [0.2, 0.25) is 0 Å². The lowest BCUT2D eigenvalue weighted by Crippen LogP contribution is -2.54. The molecule has 3 unspecified atom stereocenters. The van der Waals surface area contributed by atoms with Crippen LogP contribution in [0, 0.1) is 0 Å². The predicted molar refractivity (Wildman–Crippen MR) is 141 cm³/mol. The third-order valence-electron chi connectivity index (χ3n) is 8.05. The fourth-order valence-corrected chi connectivity index (χ4v) is 6.30. The first-order chi connectivity index (χ1) is 17.8. The molecule has 0 aliphatic carbocycles. The summed E-state index contributed by atoms with van der Waals surface area (Å²) in [6, 6.07) is 3.09. The Morgan fingerprint density at radius 1 is 1.11 bits per heavy atom. The Morgan fingerprint density at radius 2 is 1.89 bits per heavy atom. The van der Waals surface area contributed by atoms with Gasteiger partial charge < -0.3 is 28.9 Å². The lowest BCUT2D eigenvalue weighted by atomic mass is 10.1. The molecule has 0 saturated carbocycles. The van der Waals surface area contributed by atoms with Crippen LogP contribution in [0.1, 0.15) is 66.0 Å². The lowest BCUT2D eigenvalue weighted by molar-refractivity contribution is -0.0370. The monoisotopic (exact) mass is 512 g/mol. The molecule has 4 atom stereocenters. The molecule has 10 nitrogen and oxygen atoms in total.